The van der Waals surface area contributed by atoms with Crippen molar-refractivity contribution in [3.05, 3.63) is 42.0 Å². The van der Waals surface area contributed by atoms with Gasteiger partial charge in [-0.3, -0.25) is 0 Å². The quantitative estimate of drug-likeness (QED) is 0.743. The van der Waals surface area contributed by atoms with E-state index in [0.29, 0.717) is 5.56 Å². The monoisotopic (exact) mass is 230 g/mol. The Balaban J connectivity index is 2.60. The second-order valence-electron chi connectivity index (χ2n) is 3.90. The minimum atomic E-state index is 0.0306. The maximum atomic E-state index is 9.81. The first-order valence-corrected chi connectivity index (χ1v) is 5.46. The Labute approximate surface area is 99.6 Å². The van der Waals surface area contributed by atoms with Crippen molar-refractivity contribution in [1.82, 2.24) is 0 Å². The Kier molecular flexibility index (Phi) is 2.91. The van der Waals surface area contributed by atoms with Crippen molar-refractivity contribution in [3.63, 3.8) is 0 Å². The average Bonchev–Trinajstić information content (AvgIpc) is 2.30. The van der Waals surface area contributed by atoms with Gasteiger partial charge in [0.15, 0.2) is 0 Å². The summed E-state index contributed by atoms with van der Waals surface area (Å²) in [6.07, 6.45) is 0.754. The molecule has 0 unspecified atom stereocenters. The van der Waals surface area contributed by atoms with Crippen LogP contribution in [0.15, 0.2) is 36.4 Å². The van der Waals surface area contributed by atoms with Gasteiger partial charge in [0.05, 0.1) is 0 Å². The van der Waals surface area contributed by atoms with Crippen LogP contribution in [0, 0.1) is 0 Å². The summed E-state index contributed by atoms with van der Waals surface area (Å²) in [7, 11) is 0. The number of rotatable bonds is 2. The van der Waals surface area contributed by atoms with Crippen molar-refractivity contribution >= 4 is 0 Å². The van der Waals surface area contributed by atoms with Crippen molar-refractivity contribution in [2.75, 3.05) is 0 Å². The van der Waals surface area contributed by atoms with E-state index in [1.807, 2.05) is 6.92 Å². The van der Waals surface area contributed by atoms with Crippen LogP contribution >= 0.6 is 0 Å². The predicted octanol–water partition coefficient (Wildman–Crippen LogP) is 3.03. The molecule has 0 spiro atoms. The first kappa shape index (κ1) is 11.3. The molecule has 0 atom stereocenters. The van der Waals surface area contributed by atoms with E-state index in [0.717, 1.165) is 17.5 Å². The lowest BCUT2D eigenvalue weighted by Crippen LogP contribution is -1.88. The van der Waals surface area contributed by atoms with Crippen molar-refractivity contribution < 1.29 is 15.3 Å². The number of benzene rings is 2. The predicted molar refractivity (Wildman–Crippen MR) is 66.3 cm³/mol. The lowest BCUT2D eigenvalue weighted by atomic mass is 9.97. The second kappa shape index (κ2) is 4.37. The van der Waals surface area contributed by atoms with Crippen LogP contribution in [-0.2, 0) is 6.42 Å². The smallest absolute Gasteiger partial charge is 0.127 e. The maximum Gasteiger partial charge on any atom is 0.127 e. The van der Waals surface area contributed by atoms with Gasteiger partial charge >= 0.3 is 0 Å². The van der Waals surface area contributed by atoms with Crippen LogP contribution in [0.1, 0.15) is 12.5 Å². The molecule has 0 aliphatic carbocycles. The molecule has 0 saturated carbocycles. The molecular formula is C14H14O3. The highest BCUT2D eigenvalue weighted by atomic mass is 16.3. The fourth-order valence-corrected chi connectivity index (χ4v) is 1.88. The number of phenols is 3. The van der Waals surface area contributed by atoms with Crippen LogP contribution in [0.4, 0.5) is 0 Å². The molecule has 2 aromatic rings. The van der Waals surface area contributed by atoms with E-state index in [9.17, 15) is 15.3 Å². The Morgan fingerprint density at radius 2 is 1.41 bits per heavy atom. The van der Waals surface area contributed by atoms with E-state index in [1.165, 1.54) is 12.1 Å². The molecule has 2 rings (SSSR count). The molecule has 2 aromatic carbocycles. The molecule has 17 heavy (non-hydrogen) atoms. The third-order valence-electron chi connectivity index (χ3n) is 2.74. The molecule has 0 aromatic heterocycles. The number of hydrogen-bond donors (Lipinski definition) is 3. The van der Waals surface area contributed by atoms with E-state index >= 15 is 0 Å². The van der Waals surface area contributed by atoms with Gasteiger partial charge in [-0.15, -0.1) is 0 Å². The third kappa shape index (κ3) is 2.18. The van der Waals surface area contributed by atoms with Crippen molar-refractivity contribution in [1.29, 1.82) is 0 Å². The molecule has 0 bridgehead atoms. The van der Waals surface area contributed by atoms with Gasteiger partial charge in [-0.05, 0) is 41.8 Å². The topological polar surface area (TPSA) is 60.7 Å². The molecule has 0 aliphatic heterocycles. The lowest BCUT2D eigenvalue weighted by molar-refractivity contribution is 0.451. The van der Waals surface area contributed by atoms with E-state index in [4.69, 9.17) is 0 Å². The Morgan fingerprint density at radius 1 is 0.824 bits per heavy atom. The van der Waals surface area contributed by atoms with Crippen LogP contribution in [0.5, 0.6) is 17.2 Å². The zero-order valence-electron chi connectivity index (χ0n) is 9.51. The number of aryl methyl sites for hydroxylation is 1. The Morgan fingerprint density at radius 3 is 2.00 bits per heavy atom. The number of aromatic hydroxyl groups is 3. The first-order valence-electron chi connectivity index (χ1n) is 5.46. The van der Waals surface area contributed by atoms with Gasteiger partial charge in [0.1, 0.15) is 17.2 Å². The largest absolute Gasteiger partial charge is 0.508 e. The molecule has 3 nitrogen and oxygen atoms in total. The molecular weight excluding hydrogens is 216 g/mol. The zero-order chi connectivity index (χ0) is 12.4. The van der Waals surface area contributed by atoms with Crippen LogP contribution in [0.25, 0.3) is 11.1 Å². The Bertz CT molecular complexity index is 547. The van der Waals surface area contributed by atoms with E-state index < -0.39 is 0 Å². The standard InChI is InChI=1S/C14H14O3/c1-2-9-7-10(15)3-5-12(9)13-6-4-11(16)8-14(13)17/h3-8,15-17H,2H2,1H3. The summed E-state index contributed by atoms with van der Waals surface area (Å²) in [6.45, 7) is 1.98. The fourth-order valence-electron chi connectivity index (χ4n) is 1.88. The van der Waals surface area contributed by atoms with Gasteiger partial charge in [0.25, 0.3) is 0 Å². The molecule has 3 heteroatoms. The normalized spacial score (nSPS) is 10.4. The van der Waals surface area contributed by atoms with Gasteiger partial charge < -0.3 is 15.3 Å². The molecule has 0 saturated heterocycles. The molecule has 3 N–H and O–H groups in total. The van der Waals surface area contributed by atoms with Gasteiger partial charge in [0.2, 0.25) is 0 Å². The minimum absolute atomic E-state index is 0.0306. The zero-order valence-corrected chi connectivity index (χ0v) is 9.51. The molecule has 88 valence electrons. The number of hydrogen-bond acceptors (Lipinski definition) is 3. The highest BCUT2D eigenvalue weighted by Crippen LogP contribution is 2.35. The van der Waals surface area contributed by atoms with Gasteiger partial charge in [-0.25, -0.2) is 0 Å². The van der Waals surface area contributed by atoms with Gasteiger partial charge in [-0.1, -0.05) is 13.0 Å². The minimum Gasteiger partial charge on any atom is -0.508 e. The summed E-state index contributed by atoms with van der Waals surface area (Å²) in [6, 6.07) is 9.53. The summed E-state index contributed by atoms with van der Waals surface area (Å²) in [5.74, 6) is 0.275. The third-order valence-corrected chi connectivity index (χ3v) is 2.74. The first-order chi connectivity index (χ1) is 8.11. The fraction of sp³-hybridized carbons (Fsp3) is 0.143. The Hall–Kier alpha value is -2.16. The van der Waals surface area contributed by atoms with Crippen molar-refractivity contribution in [2.45, 2.75) is 13.3 Å². The highest BCUT2D eigenvalue weighted by Gasteiger charge is 2.09. The average molecular weight is 230 g/mol. The molecule has 0 aliphatic rings. The second-order valence-corrected chi connectivity index (χ2v) is 3.90. The van der Waals surface area contributed by atoms with Crippen LogP contribution in [0.2, 0.25) is 0 Å². The SMILES string of the molecule is CCc1cc(O)ccc1-c1ccc(O)cc1O. The van der Waals surface area contributed by atoms with Crippen molar-refractivity contribution in [2.24, 2.45) is 0 Å². The summed E-state index contributed by atoms with van der Waals surface area (Å²) < 4.78 is 0. The van der Waals surface area contributed by atoms with Crippen LogP contribution in [-0.4, -0.2) is 15.3 Å². The highest BCUT2D eigenvalue weighted by molar-refractivity contribution is 5.74. The van der Waals surface area contributed by atoms with E-state index in [-0.39, 0.29) is 17.2 Å². The van der Waals surface area contributed by atoms with E-state index in [1.54, 1.807) is 24.3 Å². The molecule has 0 heterocycles. The lowest BCUT2D eigenvalue weighted by Gasteiger charge is -2.10. The van der Waals surface area contributed by atoms with Crippen molar-refractivity contribution in [3.8, 4) is 28.4 Å². The summed E-state index contributed by atoms with van der Waals surface area (Å²) in [5, 5.41) is 28.5. The van der Waals surface area contributed by atoms with Crippen LogP contribution in [0.3, 0.4) is 0 Å². The molecule has 0 radical (unpaired) electrons. The summed E-state index contributed by atoms with van der Waals surface area (Å²) in [4.78, 5) is 0. The molecule has 0 fully saturated rings. The maximum absolute atomic E-state index is 9.81. The summed E-state index contributed by atoms with van der Waals surface area (Å²) in [5.41, 5.74) is 2.47. The molecule has 0 amide bonds. The van der Waals surface area contributed by atoms with E-state index in [2.05, 4.69) is 0 Å². The van der Waals surface area contributed by atoms with Crippen LogP contribution < -0.4 is 0 Å². The van der Waals surface area contributed by atoms with Gasteiger partial charge in [-0.2, -0.15) is 0 Å². The van der Waals surface area contributed by atoms with Gasteiger partial charge in [0, 0.05) is 11.6 Å². The summed E-state index contributed by atoms with van der Waals surface area (Å²) >= 11 is 0. The number of phenolic OH excluding ortho intramolecular Hbond substituents is 3.